The molecule has 0 spiro atoms. The topological polar surface area (TPSA) is 84.3 Å². The van der Waals surface area contributed by atoms with E-state index in [-0.39, 0.29) is 17.1 Å². The molecule has 0 aliphatic carbocycles. The first-order chi connectivity index (χ1) is 9.70. The molecule has 0 aromatic heterocycles. The molecular weight excluding hydrogens is 270 g/mol. The van der Waals surface area contributed by atoms with E-state index in [1.54, 1.807) is 13.0 Å². The number of carbonyl (C=O) groups excluding carboxylic acids is 1. The SMILES string of the molecule is Cc1cc(C(=O)NCCCNC(C)(C)C)ccc1[N+](=O)[O-]. The van der Waals surface area contributed by atoms with Crippen molar-refractivity contribution in [3.05, 3.63) is 39.4 Å². The number of hydrogen-bond acceptors (Lipinski definition) is 4. The summed E-state index contributed by atoms with van der Waals surface area (Å²) in [7, 11) is 0. The van der Waals surface area contributed by atoms with Gasteiger partial charge in [-0.15, -0.1) is 0 Å². The van der Waals surface area contributed by atoms with Gasteiger partial charge in [0, 0.05) is 29.3 Å². The highest BCUT2D eigenvalue weighted by Crippen LogP contribution is 2.18. The van der Waals surface area contributed by atoms with Gasteiger partial charge in [0.25, 0.3) is 11.6 Å². The molecule has 1 rings (SSSR count). The van der Waals surface area contributed by atoms with Gasteiger partial charge >= 0.3 is 0 Å². The number of amides is 1. The number of nitro benzene ring substituents is 1. The maximum atomic E-state index is 11.9. The Morgan fingerprint density at radius 2 is 1.95 bits per heavy atom. The van der Waals surface area contributed by atoms with Gasteiger partial charge in [-0.2, -0.15) is 0 Å². The van der Waals surface area contributed by atoms with Crippen LogP contribution in [0.15, 0.2) is 18.2 Å². The number of nitrogens with zero attached hydrogens (tertiary/aromatic N) is 1. The second-order valence-corrected chi connectivity index (χ2v) is 6.04. The lowest BCUT2D eigenvalue weighted by molar-refractivity contribution is -0.385. The van der Waals surface area contributed by atoms with Gasteiger partial charge in [-0.05, 0) is 52.8 Å². The van der Waals surface area contributed by atoms with E-state index in [1.807, 2.05) is 0 Å². The van der Waals surface area contributed by atoms with Gasteiger partial charge < -0.3 is 10.6 Å². The van der Waals surface area contributed by atoms with Crippen molar-refractivity contribution in [1.82, 2.24) is 10.6 Å². The molecule has 0 aliphatic rings. The molecule has 2 N–H and O–H groups in total. The molecule has 0 saturated heterocycles. The largest absolute Gasteiger partial charge is 0.352 e. The predicted octanol–water partition coefficient (Wildman–Crippen LogP) is 2.41. The number of aryl methyl sites for hydroxylation is 1. The summed E-state index contributed by atoms with van der Waals surface area (Å²) in [5.41, 5.74) is 1.03. The lowest BCUT2D eigenvalue weighted by atomic mass is 10.1. The standard InChI is InChI=1S/C15H23N3O3/c1-11-10-12(6-7-13(11)18(20)21)14(19)16-8-5-9-17-15(2,3)4/h6-7,10,17H,5,8-9H2,1-4H3,(H,16,19). The number of nitrogens with one attached hydrogen (secondary N) is 2. The van der Waals surface area contributed by atoms with E-state index in [4.69, 9.17) is 0 Å². The van der Waals surface area contributed by atoms with Crippen LogP contribution in [0, 0.1) is 17.0 Å². The smallest absolute Gasteiger partial charge is 0.272 e. The molecule has 1 aromatic carbocycles. The molecule has 0 saturated carbocycles. The van der Waals surface area contributed by atoms with Crippen LogP contribution in [0.1, 0.15) is 43.1 Å². The van der Waals surface area contributed by atoms with Crippen LogP contribution in [-0.2, 0) is 0 Å². The van der Waals surface area contributed by atoms with E-state index in [1.165, 1.54) is 12.1 Å². The number of carbonyl (C=O) groups is 1. The minimum Gasteiger partial charge on any atom is -0.352 e. The van der Waals surface area contributed by atoms with Crippen LogP contribution in [0.25, 0.3) is 0 Å². The van der Waals surface area contributed by atoms with Crippen molar-refractivity contribution in [3.63, 3.8) is 0 Å². The predicted molar refractivity (Wildman–Crippen MR) is 82.5 cm³/mol. The van der Waals surface area contributed by atoms with E-state index >= 15 is 0 Å². The zero-order chi connectivity index (χ0) is 16.0. The van der Waals surface area contributed by atoms with Crippen molar-refractivity contribution in [2.45, 2.75) is 39.7 Å². The number of nitro groups is 1. The van der Waals surface area contributed by atoms with Gasteiger partial charge in [0.2, 0.25) is 0 Å². The van der Waals surface area contributed by atoms with Crippen LogP contribution < -0.4 is 10.6 Å². The Balaban J connectivity index is 2.46. The summed E-state index contributed by atoms with van der Waals surface area (Å²) in [5, 5.41) is 16.9. The summed E-state index contributed by atoms with van der Waals surface area (Å²) in [6, 6.07) is 4.39. The molecule has 0 atom stereocenters. The van der Waals surface area contributed by atoms with Crippen molar-refractivity contribution in [2.24, 2.45) is 0 Å². The summed E-state index contributed by atoms with van der Waals surface area (Å²) >= 11 is 0. The third kappa shape index (κ3) is 5.91. The fraction of sp³-hybridized carbons (Fsp3) is 0.533. The molecule has 0 aliphatic heterocycles. The number of benzene rings is 1. The van der Waals surface area contributed by atoms with Gasteiger partial charge in [-0.25, -0.2) is 0 Å². The Hall–Kier alpha value is -1.95. The molecule has 21 heavy (non-hydrogen) atoms. The van der Waals surface area contributed by atoms with Crippen LogP contribution >= 0.6 is 0 Å². The lowest BCUT2D eigenvalue weighted by Gasteiger charge is -2.20. The normalized spacial score (nSPS) is 11.2. The number of rotatable bonds is 6. The maximum Gasteiger partial charge on any atom is 0.272 e. The summed E-state index contributed by atoms with van der Waals surface area (Å²) in [6.45, 7) is 9.28. The molecule has 0 radical (unpaired) electrons. The van der Waals surface area contributed by atoms with Crippen molar-refractivity contribution in [1.29, 1.82) is 0 Å². The molecule has 0 unspecified atom stereocenters. The third-order valence-electron chi connectivity index (χ3n) is 2.95. The molecule has 116 valence electrons. The average Bonchev–Trinajstić information content (AvgIpc) is 2.36. The maximum absolute atomic E-state index is 11.9. The molecule has 6 heteroatoms. The molecule has 0 bridgehead atoms. The van der Waals surface area contributed by atoms with E-state index in [0.29, 0.717) is 17.7 Å². The van der Waals surface area contributed by atoms with Crippen LogP contribution in [0.5, 0.6) is 0 Å². The monoisotopic (exact) mass is 293 g/mol. The molecule has 0 heterocycles. The Morgan fingerprint density at radius 3 is 2.48 bits per heavy atom. The van der Waals surface area contributed by atoms with Gasteiger partial charge in [0.1, 0.15) is 0 Å². The minimum absolute atomic E-state index is 0.0286. The first-order valence-corrected chi connectivity index (χ1v) is 6.99. The van der Waals surface area contributed by atoms with Crippen molar-refractivity contribution in [3.8, 4) is 0 Å². The lowest BCUT2D eigenvalue weighted by Crippen LogP contribution is -2.37. The van der Waals surface area contributed by atoms with Gasteiger partial charge in [-0.3, -0.25) is 14.9 Å². The molecule has 1 aromatic rings. The molecule has 1 amide bonds. The van der Waals surface area contributed by atoms with Crippen LogP contribution in [-0.4, -0.2) is 29.5 Å². The summed E-state index contributed by atoms with van der Waals surface area (Å²) in [4.78, 5) is 22.2. The first kappa shape index (κ1) is 17.1. The fourth-order valence-corrected chi connectivity index (χ4v) is 1.86. The van der Waals surface area contributed by atoms with Crippen LogP contribution in [0.3, 0.4) is 0 Å². The van der Waals surface area contributed by atoms with E-state index in [0.717, 1.165) is 13.0 Å². The number of hydrogen-bond donors (Lipinski definition) is 2. The third-order valence-corrected chi connectivity index (χ3v) is 2.95. The quantitative estimate of drug-likeness (QED) is 0.479. The van der Waals surface area contributed by atoms with Crippen molar-refractivity contribution < 1.29 is 9.72 Å². The highest BCUT2D eigenvalue weighted by Gasteiger charge is 2.13. The van der Waals surface area contributed by atoms with Gasteiger partial charge in [0.15, 0.2) is 0 Å². The van der Waals surface area contributed by atoms with Crippen LogP contribution in [0.4, 0.5) is 5.69 Å². The average molecular weight is 293 g/mol. The second-order valence-electron chi connectivity index (χ2n) is 6.04. The van der Waals surface area contributed by atoms with Crippen molar-refractivity contribution in [2.75, 3.05) is 13.1 Å². The van der Waals surface area contributed by atoms with Crippen LogP contribution in [0.2, 0.25) is 0 Å². The highest BCUT2D eigenvalue weighted by molar-refractivity contribution is 5.94. The highest BCUT2D eigenvalue weighted by atomic mass is 16.6. The Kier molecular flexibility index (Phi) is 5.84. The second kappa shape index (κ2) is 7.17. The molecular formula is C15H23N3O3. The molecule has 0 fully saturated rings. The zero-order valence-electron chi connectivity index (χ0n) is 13.0. The Morgan fingerprint density at radius 1 is 1.29 bits per heavy atom. The van der Waals surface area contributed by atoms with E-state index in [9.17, 15) is 14.9 Å². The van der Waals surface area contributed by atoms with Gasteiger partial charge in [-0.1, -0.05) is 0 Å². The summed E-state index contributed by atoms with van der Waals surface area (Å²) < 4.78 is 0. The summed E-state index contributed by atoms with van der Waals surface area (Å²) in [6.07, 6.45) is 0.828. The fourth-order valence-electron chi connectivity index (χ4n) is 1.86. The van der Waals surface area contributed by atoms with E-state index < -0.39 is 4.92 Å². The van der Waals surface area contributed by atoms with E-state index in [2.05, 4.69) is 31.4 Å². The minimum atomic E-state index is -0.449. The van der Waals surface area contributed by atoms with Gasteiger partial charge in [0.05, 0.1) is 4.92 Å². The van der Waals surface area contributed by atoms with Crippen molar-refractivity contribution >= 4 is 11.6 Å². The Labute approximate surface area is 125 Å². The summed E-state index contributed by atoms with van der Waals surface area (Å²) in [5.74, 6) is -0.205. The zero-order valence-corrected chi connectivity index (χ0v) is 13.0. The Bertz CT molecular complexity index is 521. The molecule has 6 nitrogen and oxygen atoms in total. The first-order valence-electron chi connectivity index (χ1n) is 6.99.